The van der Waals surface area contributed by atoms with E-state index in [9.17, 15) is 8.42 Å². The maximum absolute atomic E-state index is 13.4. The number of nitrogens with two attached hydrogens (primary N) is 1. The molecule has 2 aromatic heterocycles. The van der Waals surface area contributed by atoms with Crippen molar-refractivity contribution in [2.45, 2.75) is 61.5 Å². The second-order valence-corrected chi connectivity index (χ2v) is 9.68. The third kappa shape index (κ3) is 3.18. The number of nitrogens with one attached hydrogen (secondary N) is 1. The lowest BCUT2D eigenvalue weighted by atomic mass is 10.00. The van der Waals surface area contributed by atoms with Crippen molar-refractivity contribution in [2.75, 3.05) is 18.9 Å². The van der Waals surface area contributed by atoms with Gasteiger partial charge in [0.15, 0.2) is 26.2 Å². The lowest BCUT2D eigenvalue weighted by Gasteiger charge is -2.25. The Bertz CT molecular complexity index is 925. The van der Waals surface area contributed by atoms with Gasteiger partial charge in [-0.3, -0.25) is 0 Å². The van der Waals surface area contributed by atoms with Gasteiger partial charge in [0.25, 0.3) is 0 Å². The molecule has 2 aromatic rings. The number of aromatic nitrogens is 3. The van der Waals surface area contributed by atoms with Crippen molar-refractivity contribution >= 4 is 32.9 Å². The summed E-state index contributed by atoms with van der Waals surface area (Å²) in [7, 11) is -1.92. The van der Waals surface area contributed by atoms with Crippen LogP contribution in [0.2, 0.25) is 0 Å². The van der Waals surface area contributed by atoms with Crippen LogP contribution in [0, 0.1) is 13.8 Å². The van der Waals surface area contributed by atoms with Crippen LogP contribution in [0.4, 0.5) is 5.82 Å². The Hall–Kier alpha value is -1.38. The first-order valence-corrected chi connectivity index (χ1v) is 10.9. The predicted molar refractivity (Wildman–Crippen MR) is 104 cm³/mol. The Balaban J connectivity index is 2.22. The van der Waals surface area contributed by atoms with Gasteiger partial charge in [0.1, 0.15) is 0 Å². The summed E-state index contributed by atoms with van der Waals surface area (Å²) in [6.45, 7) is 4.31. The number of hydrogen-bond donors (Lipinski definition) is 2. The van der Waals surface area contributed by atoms with Crippen molar-refractivity contribution in [1.29, 1.82) is 0 Å². The van der Waals surface area contributed by atoms with Crippen molar-refractivity contribution in [3.05, 3.63) is 17.0 Å². The second kappa shape index (κ2) is 7.32. The van der Waals surface area contributed by atoms with E-state index >= 15 is 0 Å². The maximum atomic E-state index is 13.4. The molecule has 0 spiro atoms. The van der Waals surface area contributed by atoms with Gasteiger partial charge < -0.3 is 11.1 Å². The third-order valence-corrected chi connectivity index (χ3v) is 7.85. The molecule has 0 radical (unpaired) electrons. The molecule has 0 aromatic carbocycles. The summed E-state index contributed by atoms with van der Waals surface area (Å²) in [6, 6.07) is 0. The minimum Gasteiger partial charge on any atom is -0.371 e. The van der Waals surface area contributed by atoms with E-state index in [1.54, 1.807) is 11.6 Å². The van der Waals surface area contributed by atoms with Gasteiger partial charge in [0.05, 0.1) is 5.25 Å². The molecule has 0 saturated heterocycles. The predicted octanol–water partition coefficient (Wildman–Crippen LogP) is 2.21. The molecule has 0 aliphatic heterocycles. The van der Waals surface area contributed by atoms with Gasteiger partial charge >= 0.3 is 0 Å². The SMILES string of the molecule is CNc1nn2c(C)c(CCN)c(C)nc2c1S(=O)(=O)[C@H]1CCC[C@@H](Cl)C1. The zero-order valence-corrected chi connectivity index (χ0v) is 17.0. The zero-order chi connectivity index (χ0) is 19.1. The van der Waals surface area contributed by atoms with Crippen LogP contribution in [-0.2, 0) is 16.3 Å². The number of sulfone groups is 1. The van der Waals surface area contributed by atoms with Gasteiger partial charge in [0.2, 0.25) is 0 Å². The molecule has 0 bridgehead atoms. The van der Waals surface area contributed by atoms with Crippen molar-refractivity contribution in [3.63, 3.8) is 0 Å². The molecule has 3 N–H and O–H groups in total. The van der Waals surface area contributed by atoms with E-state index in [0.717, 1.165) is 29.8 Å². The van der Waals surface area contributed by atoms with Crippen molar-refractivity contribution in [2.24, 2.45) is 5.73 Å². The fraction of sp³-hybridized carbons (Fsp3) is 0.647. The summed E-state index contributed by atoms with van der Waals surface area (Å²) in [5.74, 6) is 0.335. The van der Waals surface area contributed by atoms with Gasteiger partial charge in [-0.2, -0.15) is 0 Å². The summed E-state index contributed by atoms with van der Waals surface area (Å²) >= 11 is 6.25. The Labute approximate surface area is 159 Å². The normalized spacial score (nSPS) is 21.3. The van der Waals surface area contributed by atoms with Gasteiger partial charge in [-0.05, 0) is 51.6 Å². The van der Waals surface area contributed by atoms with Crippen LogP contribution in [0.3, 0.4) is 0 Å². The van der Waals surface area contributed by atoms with Crippen LogP contribution in [-0.4, -0.2) is 47.2 Å². The Kier molecular flexibility index (Phi) is 5.46. The minimum atomic E-state index is -3.60. The maximum Gasteiger partial charge on any atom is 0.188 e. The summed E-state index contributed by atoms with van der Waals surface area (Å²) in [4.78, 5) is 4.78. The van der Waals surface area contributed by atoms with Gasteiger partial charge in [-0.1, -0.05) is 6.42 Å². The van der Waals surface area contributed by atoms with E-state index < -0.39 is 15.1 Å². The molecule has 26 heavy (non-hydrogen) atoms. The zero-order valence-electron chi connectivity index (χ0n) is 15.4. The highest BCUT2D eigenvalue weighted by Crippen LogP contribution is 2.36. The summed E-state index contributed by atoms with van der Waals surface area (Å²) < 4.78 is 28.4. The monoisotopic (exact) mass is 399 g/mol. The van der Waals surface area contributed by atoms with Crippen LogP contribution in [0.1, 0.15) is 42.6 Å². The van der Waals surface area contributed by atoms with E-state index in [1.807, 2.05) is 13.8 Å². The second-order valence-electron chi connectivity index (χ2n) is 6.89. The number of rotatable bonds is 5. The number of nitrogens with zero attached hydrogens (tertiary/aromatic N) is 3. The number of anilines is 1. The van der Waals surface area contributed by atoms with E-state index in [4.69, 9.17) is 17.3 Å². The van der Waals surface area contributed by atoms with Crippen LogP contribution < -0.4 is 11.1 Å². The van der Waals surface area contributed by atoms with Crippen LogP contribution in [0.15, 0.2) is 4.90 Å². The highest BCUT2D eigenvalue weighted by molar-refractivity contribution is 7.92. The van der Waals surface area contributed by atoms with Gasteiger partial charge in [0, 0.05) is 23.8 Å². The number of alkyl halides is 1. The smallest absolute Gasteiger partial charge is 0.188 e. The molecular weight excluding hydrogens is 374 g/mol. The van der Waals surface area contributed by atoms with Crippen molar-refractivity contribution in [3.8, 4) is 0 Å². The van der Waals surface area contributed by atoms with Crippen molar-refractivity contribution in [1.82, 2.24) is 14.6 Å². The average Bonchev–Trinajstić information content (AvgIpc) is 2.98. The molecule has 2 heterocycles. The molecule has 1 aliphatic rings. The first-order chi connectivity index (χ1) is 12.3. The Morgan fingerprint density at radius 3 is 2.69 bits per heavy atom. The molecular formula is C17H26ClN5O2S. The van der Waals surface area contributed by atoms with E-state index in [-0.39, 0.29) is 10.3 Å². The number of halogens is 1. The van der Waals surface area contributed by atoms with Gasteiger partial charge in [-0.15, -0.1) is 16.7 Å². The van der Waals surface area contributed by atoms with Crippen LogP contribution in [0.25, 0.3) is 5.65 Å². The Morgan fingerprint density at radius 1 is 1.35 bits per heavy atom. The van der Waals surface area contributed by atoms with Crippen LogP contribution >= 0.6 is 11.6 Å². The summed E-state index contributed by atoms with van der Waals surface area (Å²) in [5, 5.41) is 6.82. The quantitative estimate of drug-likeness (QED) is 0.747. The fourth-order valence-electron chi connectivity index (χ4n) is 3.81. The summed E-state index contributed by atoms with van der Waals surface area (Å²) in [6.07, 6.45) is 3.44. The van der Waals surface area contributed by atoms with E-state index in [0.29, 0.717) is 37.3 Å². The molecule has 7 nitrogen and oxygen atoms in total. The molecule has 144 valence electrons. The number of aryl methyl sites for hydroxylation is 2. The van der Waals surface area contributed by atoms with E-state index in [2.05, 4.69) is 15.4 Å². The molecule has 1 fully saturated rings. The summed E-state index contributed by atoms with van der Waals surface area (Å²) in [5.41, 5.74) is 8.75. The molecule has 1 saturated carbocycles. The number of fused-ring (bicyclic) bond motifs is 1. The molecule has 0 unspecified atom stereocenters. The first kappa shape index (κ1) is 19.4. The molecule has 2 atom stereocenters. The lowest BCUT2D eigenvalue weighted by Crippen LogP contribution is -2.29. The molecule has 1 aliphatic carbocycles. The Morgan fingerprint density at radius 2 is 2.08 bits per heavy atom. The highest BCUT2D eigenvalue weighted by Gasteiger charge is 2.37. The average molecular weight is 400 g/mol. The van der Waals surface area contributed by atoms with E-state index in [1.165, 1.54) is 0 Å². The third-order valence-electron chi connectivity index (χ3n) is 5.20. The molecule has 9 heteroatoms. The topological polar surface area (TPSA) is 102 Å². The molecule has 3 rings (SSSR count). The minimum absolute atomic E-state index is 0.101. The van der Waals surface area contributed by atoms with Crippen LogP contribution in [0.5, 0.6) is 0 Å². The van der Waals surface area contributed by atoms with Crippen molar-refractivity contribution < 1.29 is 8.42 Å². The highest BCUT2D eigenvalue weighted by atomic mass is 35.5. The largest absolute Gasteiger partial charge is 0.371 e. The molecule has 0 amide bonds. The fourth-order valence-corrected chi connectivity index (χ4v) is 6.38. The number of hydrogen-bond acceptors (Lipinski definition) is 6. The standard InChI is InChI=1S/C17H26ClN5O2S/c1-10-14(7-8-19)11(2)23-17(21-10)15(16(20-3)22-23)26(24,25)13-6-4-5-12(18)9-13/h12-13H,4-9,19H2,1-3H3,(H,20,22)/t12-,13+/m1/s1. The lowest BCUT2D eigenvalue weighted by molar-refractivity contribution is 0.489. The first-order valence-electron chi connectivity index (χ1n) is 8.95. The van der Waals surface area contributed by atoms with Gasteiger partial charge in [-0.25, -0.2) is 17.9 Å².